The fourth-order valence-electron chi connectivity index (χ4n) is 2.23. The van der Waals surface area contributed by atoms with Gasteiger partial charge in [0.05, 0.1) is 6.61 Å². The van der Waals surface area contributed by atoms with Crippen LogP contribution in [0.3, 0.4) is 0 Å². The van der Waals surface area contributed by atoms with E-state index in [4.69, 9.17) is 4.74 Å². The van der Waals surface area contributed by atoms with Crippen molar-refractivity contribution in [2.75, 3.05) is 11.9 Å². The number of anilines is 1. The monoisotopic (exact) mass is 311 g/mol. The Bertz CT molecular complexity index is 615. The lowest BCUT2D eigenvalue weighted by Crippen LogP contribution is -2.12. The highest BCUT2D eigenvalue weighted by Gasteiger charge is 2.04. The van der Waals surface area contributed by atoms with Gasteiger partial charge in [0.15, 0.2) is 0 Å². The molecule has 0 fully saturated rings. The molecular weight excluding hydrogens is 286 g/mol. The molecule has 122 valence electrons. The molecule has 0 saturated carbocycles. The minimum Gasteiger partial charge on any atom is -0.494 e. The number of ether oxygens (including phenoxy) is 1. The predicted molar refractivity (Wildman–Crippen MR) is 95.1 cm³/mol. The molecule has 2 aromatic rings. The molecule has 3 nitrogen and oxygen atoms in total. The third-order valence-electron chi connectivity index (χ3n) is 3.70. The Morgan fingerprint density at radius 2 is 1.70 bits per heavy atom. The largest absolute Gasteiger partial charge is 0.494 e. The highest BCUT2D eigenvalue weighted by molar-refractivity contribution is 5.90. The molecule has 0 aliphatic carbocycles. The van der Waals surface area contributed by atoms with E-state index in [1.807, 2.05) is 43.3 Å². The Morgan fingerprint density at radius 3 is 2.30 bits per heavy atom. The van der Waals surface area contributed by atoms with Crippen LogP contribution in [0.15, 0.2) is 48.5 Å². The van der Waals surface area contributed by atoms with E-state index in [0.717, 1.165) is 11.4 Å². The number of hydrogen-bond donors (Lipinski definition) is 1. The van der Waals surface area contributed by atoms with E-state index in [1.165, 1.54) is 11.1 Å². The van der Waals surface area contributed by atoms with Gasteiger partial charge in [0.1, 0.15) is 5.75 Å². The van der Waals surface area contributed by atoms with E-state index in [1.54, 1.807) is 0 Å². The first-order valence-electron chi connectivity index (χ1n) is 8.14. The maximum Gasteiger partial charge on any atom is 0.224 e. The average Bonchev–Trinajstić information content (AvgIpc) is 2.54. The molecule has 0 aliphatic heterocycles. The fourth-order valence-corrected chi connectivity index (χ4v) is 2.23. The van der Waals surface area contributed by atoms with Crippen molar-refractivity contribution >= 4 is 11.6 Å². The lowest BCUT2D eigenvalue weighted by molar-refractivity contribution is -0.116. The van der Waals surface area contributed by atoms with Crippen molar-refractivity contribution in [1.82, 2.24) is 0 Å². The molecule has 0 spiro atoms. The number of hydrogen-bond acceptors (Lipinski definition) is 2. The van der Waals surface area contributed by atoms with Gasteiger partial charge in [-0.15, -0.1) is 0 Å². The van der Waals surface area contributed by atoms with Crippen molar-refractivity contribution in [3.05, 3.63) is 59.7 Å². The van der Waals surface area contributed by atoms with E-state index in [0.29, 0.717) is 25.4 Å². The van der Waals surface area contributed by atoms with Crippen LogP contribution in [-0.4, -0.2) is 12.5 Å². The zero-order chi connectivity index (χ0) is 16.7. The fraction of sp³-hybridized carbons (Fsp3) is 0.350. The van der Waals surface area contributed by atoms with Crippen molar-refractivity contribution in [2.45, 2.75) is 39.5 Å². The number of carbonyl (C=O) groups is 1. The molecule has 0 bridgehead atoms. The summed E-state index contributed by atoms with van der Waals surface area (Å²) >= 11 is 0. The minimum absolute atomic E-state index is 0.0230. The Kier molecular flexibility index (Phi) is 6.21. The number of aryl methyl sites for hydroxylation is 1. The summed E-state index contributed by atoms with van der Waals surface area (Å²) in [7, 11) is 0. The first-order valence-corrected chi connectivity index (χ1v) is 8.14. The number of rotatable bonds is 7. The number of benzene rings is 2. The predicted octanol–water partition coefficient (Wildman–Crippen LogP) is 4.92. The summed E-state index contributed by atoms with van der Waals surface area (Å²) in [6.45, 7) is 6.90. The first-order chi connectivity index (χ1) is 11.0. The van der Waals surface area contributed by atoms with Gasteiger partial charge < -0.3 is 10.1 Å². The molecule has 0 radical (unpaired) electrons. The molecule has 0 saturated heterocycles. The summed E-state index contributed by atoms with van der Waals surface area (Å²) in [5.41, 5.74) is 3.33. The van der Waals surface area contributed by atoms with E-state index in [2.05, 4.69) is 31.3 Å². The Balaban J connectivity index is 1.69. The van der Waals surface area contributed by atoms with Gasteiger partial charge in [-0.05, 0) is 49.1 Å². The smallest absolute Gasteiger partial charge is 0.224 e. The van der Waals surface area contributed by atoms with Gasteiger partial charge in [0.25, 0.3) is 0 Å². The highest BCUT2D eigenvalue weighted by atomic mass is 16.5. The Hall–Kier alpha value is -2.29. The molecule has 1 N–H and O–H groups in total. The van der Waals surface area contributed by atoms with E-state index < -0.39 is 0 Å². The quantitative estimate of drug-likeness (QED) is 0.737. The van der Waals surface area contributed by atoms with Crippen LogP contribution in [0.1, 0.15) is 43.7 Å². The lowest BCUT2D eigenvalue weighted by atomic mass is 10.0. The van der Waals surface area contributed by atoms with Crippen molar-refractivity contribution in [3.8, 4) is 5.75 Å². The molecule has 0 unspecified atom stereocenters. The molecule has 3 heteroatoms. The Labute approximate surface area is 138 Å². The van der Waals surface area contributed by atoms with E-state index in [9.17, 15) is 4.79 Å². The van der Waals surface area contributed by atoms with Crippen molar-refractivity contribution in [3.63, 3.8) is 0 Å². The van der Waals surface area contributed by atoms with Gasteiger partial charge in [-0.2, -0.15) is 0 Å². The highest BCUT2D eigenvalue weighted by Crippen LogP contribution is 2.17. The molecule has 2 aromatic carbocycles. The molecule has 0 aromatic heterocycles. The van der Waals surface area contributed by atoms with Gasteiger partial charge >= 0.3 is 0 Å². The second kappa shape index (κ2) is 8.37. The summed E-state index contributed by atoms with van der Waals surface area (Å²) in [6.07, 6.45) is 1.15. The van der Waals surface area contributed by atoms with Crippen LogP contribution in [-0.2, 0) is 4.79 Å². The SMILES string of the molecule is Cc1ccc(OCCCC(=O)Nc2ccc(C(C)C)cc2)cc1. The summed E-state index contributed by atoms with van der Waals surface area (Å²) in [5, 5.41) is 2.92. The van der Waals surface area contributed by atoms with E-state index >= 15 is 0 Å². The molecule has 2 rings (SSSR count). The van der Waals surface area contributed by atoms with Gasteiger partial charge in [0.2, 0.25) is 5.91 Å². The number of carbonyl (C=O) groups excluding carboxylic acids is 1. The second-order valence-electron chi connectivity index (χ2n) is 6.09. The summed E-state index contributed by atoms with van der Waals surface area (Å²) in [6, 6.07) is 16.0. The van der Waals surface area contributed by atoms with Gasteiger partial charge in [-0.25, -0.2) is 0 Å². The maximum atomic E-state index is 11.9. The van der Waals surface area contributed by atoms with Crippen molar-refractivity contribution in [2.24, 2.45) is 0 Å². The Morgan fingerprint density at radius 1 is 1.04 bits per heavy atom. The average molecular weight is 311 g/mol. The standard InChI is InChI=1S/C20H25NO2/c1-15(2)17-8-10-18(11-9-17)21-20(22)5-4-14-23-19-12-6-16(3)7-13-19/h6-13,15H,4-5,14H2,1-3H3,(H,21,22). The van der Waals surface area contributed by atoms with Crippen LogP contribution in [0, 0.1) is 6.92 Å². The van der Waals surface area contributed by atoms with Crippen LogP contribution in [0.2, 0.25) is 0 Å². The molecule has 0 aliphatic rings. The van der Waals surface area contributed by atoms with Crippen LogP contribution in [0.5, 0.6) is 5.75 Å². The molecular formula is C20H25NO2. The third-order valence-corrected chi connectivity index (χ3v) is 3.70. The summed E-state index contributed by atoms with van der Waals surface area (Å²) in [5.74, 6) is 1.37. The normalized spacial score (nSPS) is 10.6. The van der Waals surface area contributed by atoms with Crippen LogP contribution in [0.4, 0.5) is 5.69 Å². The molecule has 0 atom stereocenters. The topological polar surface area (TPSA) is 38.3 Å². The molecule has 23 heavy (non-hydrogen) atoms. The maximum absolute atomic E-state index is 11.9. The van der Waals surface area contributed by atoms with Gasteiger partial charge in [-0.1, -0.05) is 43.7 Å². The van der Waals surface area contributed by atoms with Gasteiger partial charge in [0, 0.05) is 12.1 Å². The van der Waals surface area contributed by atoms with Crippen LogP contribution >= 0.6 is 0 Å². The van der Waals surface area contributed by atoms with E-state index in [-0.39, 0.29) is 5.91 Å². The third kappa shape index (κ3) is 5.78. The second-order valence-corrected chi connectivity index (χ2v) is 6.09. The molecule has 1 amide bonds. The number of amides is 1. The summed E-state index contributed by atoms with van der Waals surface area (Å²) < 4.78 is 5.62. The number of nitrogens with one attached hydrogen (secondary N) is 1. The molecule has 0 heterocycles. The summed E-state index contributed by atoms with van der Waals surface area (Å²) in [4.78, 5) is 11.9. The first kappa shape index (κ1) is 17.1. The van der Waals surface area contributed by atoms with Crippen LogP contribution < -0.4 is 10.1 Å². The zero-order valence-corrected chi connectivity index (χ0v) is 14.1. The van der Waals surface area contributed by atoms with Crippen molar-refractivity contribution < 1.29 is 9.53 Å². The zero-order valence-electron chi connectivity index (χ0n) is 14.1. The van der Waals surface area contributed by atoms with Crippen LogP contribution in [0.25, 0.3) is 0 Å². The minimum atomic E-state index is 0.0230. The van der Waals surface area contributed by atoms with Gasteiger partial charge in [-0.3, -0.25) is 4.79 Å². The lowest BCUT2D eigenvalue weighted by Gasteiger charge is -2.09. The van der Waals surface area contributed by atoms with Crippen molar-refractivity contribution in [1.29, 1.82) is 0 Å².